The molecule has 4 nitrogen and oxygen atoms in total. The molecule has 0 aliphatic rings. The van der Waals surface area contributed by atoms with Gasteiger partial charge in [0, 0.05) is 6.54 Å². The predicted octanol–water partition coefficient (Wildman–Crippen LogP) is 1.44. The minimum atomic E-state index is -0.468. The number of aromatic nitrogens is 2. The molecule has 1 rings (SSSR count). The van der Waals surface area contributed by atoms with Gasteiger partial charge in [-0.25, -0.2) is 0 Å². The molecule has 0 saturated carbocycles. The molecule has 80 valence electrons. The molecule has 0 fully saturated rings. The summed E-state index contributed by atoms with van der Waals surface area (Å²) in [6.45, 7) is 6.54. The van der Waals surface area contributed by atoms with Crippen LogP contribution >= 0.6 is 0 Å². The first-order valence-electron chi connectivity index (χ1n) is 5.00. The van der Waals surface area contributed by atoms with Crippen molar-refractivity contribution < 1.29 is 9.84 Å². The average molecular weight is 198 g/mol. The smallest absolute Gasteiger partial charge is 0.157 e. The molecule has 1 aromatic rings. The number of hydrogen-bond acceptors (Lipinski definition) is 3. The SMILES string of the molecule is CCCn1cc(OC(C)C(C)O)cn1. The van der Waals surface area contributed by atoms with Gasteiger partial charge < -0.3 is 9.84 Å². The van der Waals surface area contributed by atoms with Crippen LogP contribution in [0.25, 0.3) is 0 Å². The molecule has 0 aromatic carbocycles. The van der Waals surface area contributed by atoms with E-state index in [1.807, 2.05) is 17.8 Å². The summed E-state index contributed by atoms with van der Waals surface area (Å²) in [6.07, 6.45) is 3.91. The fraction of sp³-hybridized carbons (Fsp3) is 0.700. The zero-order valence-electron chi connectivity index (χ0n) is 8.97. The van der Waals surface area contributed by atoms with Crippen LogP contribution in [0.15, 0.2) is 12.4 Å². The first-order chi connectivity index (χ1) is 6.63. The number of aliphatic hydroxyl groups excluding tert-OH is 1. The van der Waals surface area contributed by atoms with Gasteiger partial charge in [-0.1, -0.05) is 6.92 Å². The Morgan fingerprint density at radius 3 is 2.86 bits per heavy atom. The van der Waals surface area contributed by atoms with E-state index in [0.29, 0.717) is 5.75 Å². The normalized spacial score (nSPS) is 15.1. The van der Waals surface area contributed by atoms with E-state index in [4.69, 9.17) is 4.74 Å². The van der Waals surface area contributed by atoms with E-state index in [1.54, 1.807) is 13.1 Å². The molecule has 14 heavy (non-hydrogen) atoms. The number of hydrogen-bond donors (Lipinski definition) is 1. The highest BCUT2D eigenvalue weighted by Gasteiger charge is 2.11. The largest absolute Gasteiger partial charge is 0.485 e. The summed E-state index contributed by atoms with van der Waals surface area (Å²) in [4.78, 5) is 0. The standard InChI is InChI=1S/C10H18N2O2/c1-4-5-12-7-10(6-11-12)14-9(3)8(2)13/h6-9,13H,4-5H2,1-3H3. The van der Waals surface area contributed by atoms with Gasteiger partial charge in [-0.3, -0.25) is 4.68 Å². The summed E-state index contributed by atoms with van der Waals surface area (Å²) in [6, 6.07) is 0. The Bertz CT molecular complexity index is 271. The van der Waals surface area contributed by atoms with Crippen LogP contribution < -0.4 is 4.74 Å². The molecule has 4 heteroatoms. The second-order valence-corrected chi connectivity index (χ2v) is 3.50. The molecule has 2 unspecified atom stereocenters. The van der Waals surface area contributed by atoms with E-state index in [0.717, 1.165) is 13.0 Å². The highest BCUT2D eigenvalue weighted by Crippen LogP contribution is 2.12. The monoisotopic (exact) mass is 198 g/mol. The van der Waals surface area contributed by atoms with Crippen LogP contribution in [0.5, 0.6) is 5.75 Å². The first kappa shape index (κ1) is 11.0. The minimum absolute atomic E-state index is 0.200. The van der Waals surface area contributed by atoms with Crippen molar-refractivity contribution in [3.05, 3.63) is 12.4 Å². The fourth-order valence-electron chi connectivity index (χ4n) is 1.07. The molecule has 2 atom stereocenters. The quantitative estimate of drug-likeness (QED) is 0.778. The van der Waals surface area contributed by atoms with Crippen LogP contribution in [0.2, 0.25) is 0 Å². The predicted molar refractivity (Wildman–Crippen MR) is 54.3 cm³/mol. The van der Waals surface area contributed by atoms with Crippen molar-refractivity contribution in [1.29, 1.82) is 0 Å². The second-order valence-electron chi connectivity index (χ2n) is 3.50. The zero-order valence-corrected chi connectivity index (χ0v) is 8.97. The summed E-state index contributed by atoms with van der Waals surface area (Å²) < 4.78 is 7.31. The summed E-state index contributed by atoms with van der Waals surface area (Å²) >= 11 is 0. The lowest BCUT2D eigenvalue weighted by atomic mass is 10.3. The van der Waals surface area contributed by atoms with E-state index in [1.165, 1.54) is 0 Å². The third-order valence-corrected chi connectivity index (χ3v) is 2.06. The van der Waals surface area contributed by atoms with E-state index in [-0.39, 0.29) is 6.10 Å². The molecule has 0 spiro atoms. The maximum Gasteiger partial charge on any atom is 0.157 e. The number of aliphatic hydroxyl groups is 1. The lowest BCUT2D eigenvalue weighted by Gasteiger charge is -2.15. The van der Waals surface area contributed by atoms with Gasteiger partial charge in [0.1, 0.15) is 6.10 Å². The van der Waals surface area contributed by atoms with Crippen molar-refractivity contribution in [2.45, 2.75) is 45.9 Å². The Kier molecular flexibility index (Phi) is 3.95. The molecule has 1 heterocycles. The molecule has 1 aromatic heterocycles. The number of aryl methyl sites for hydroxylation is 1. The van der Waals surface area contributed by atoms with Crippen LogP contribution in [0.4, 0.5) is 0 Å². The molecule has 0 radical (unpaired) electrons. The van der Waals surface area contributed by atoms with E-state index < -0.39 is 6.10 Å². The molecule has 0 aliphatic heterocycles. The van der Waals surface area contributed by atoms with Crippen LogP contribution in [0, 0.1) is 0 Å². The maximum atomic E-state index is 9.24. The van der Waals surface area contributed by atoms with E-state index in [2.05, 4.69) is 12.0 Å². The van der Waals surface area contributed by atoms with Gasteiger partial charge in [-0.15, -0.1) is 0 Å². The Balaban J connectivity index is 2.50. The highest BCUT2D eigenvalue weighted by atomic mass is 16.5. The van der Waals surface area contributed by atoms with Crippen molar-refractivity contribution in [1.82, 2.24) is 9.78 Å². The van der Waals surface area contributed by atoms with Gasteiger partial charge in [0.15, 0.2) is 5.75 Å². The van der Waals surface area contributed by atoms with E-state index >= 15 is 0 Å². The second kappa shape index (κ2) is 5.00. The molecule has 0 saturated heterocycles. The Hall–Kier alpha value is -1.03. The van der Waals surface area contributed by atoms with Gasteiger partial charge in [0.25, 0.3) is 0 Å². The maximum absolute atomic E-state index is 9.24. The molecule has 1 N–H and O–H groups in total. The van der Waals surface area contributed by atoms with Crippen LogP contribution in [0.1, 0.15) is 27.2 Å². The highest BCUT2D eigenvalue weighted by molar-refractivity contribution is 5.12. The van der Waals surface area contributed by atoms with E-state index in [9.17, 15) is 5.11 Å². The minimum Gasteiger partial charge on any atom is -0.485 e. The summed E-state index contributed by atoms with van der Waals surface area (Å²) in [7, 11) is 0. The molecule has 0 aliphatic carbocycles. The molecule has 0 bridgehead atoms. The summed E-state index contributed by atoms with van der Waals surface area (Å²) in [5.74, 6) is 0.715. The zero-order chi connectivity index (χ0) is 10.6. The van der Waals surface area contributed by atoms with Gasteiger partial charge in [-0.2, -0.15) is 5.10 Å². The first-order valence-corrected chi connectivity index (χ1v) is 5.00. The lowest BCUT2D eigenvalue weighted by molar-refractivity contribution is 0.0604. The fourth-order valence-corrected chi connectivity index (χ4v) is 1.07. The third kappa shape index (κ3) is 3.03. The number of nitrogens with zero attached hydrogens (tertiary/aromatic N) is 2. The van der Waals surface area contributed by atoms with Crippen molar-refractivity contribution >= 4 is 0 Å². The van der Waals surface area contributed by atoms with Crippen molar-refractivity contribution in [3.63, 3.8) is 0 Å². The molecular formula is C10H18N2O2. The molecular weight excluding hydrogens is 180 g/mol. The van der Waals surface area contributed by atoms with Crippen LogP contribution in [-0.4, -0.2) is 27.1 Å². The Morgan fingerprint density at radius 1 is 1.57 bits per heavy atom. The summed E-state index contributed by atoms with van der Waals surface area (Å²) in [5.41, 5.74) is 0. The number of ether oxygens (including phenoxy) is 1. The number of rotatable bonds is 5. The summed E-state index contributed by atoms with van der Waals surface area (Å²) in [5, 5.41) is 13.4. The Labute approximate surface area is 84.5 Å². The average Bonchev–Trinajstić information content (AvgIpc) is 2.53. The van der Waals surface area contributed by atoms with Crippen LogP contribution in [0.3, 0.4) is 0 Å². The van der Waals surface area contributed by atoms with Gasteiger partial charge in [0.2, 0.25) is 0 Å². The Morgan fingerprint density at radius 2 is 2.29 bits per heavy atom. The molecule has 0 amide bonds. The van der Waals surface area contributed by atoms with Crippen molar-refractivity contribution in [2.24, 2.45) is 0 Å². The van der Waals surface area contributed by atoms with Crippen LogP contribution in [-0.2, 0) is 6.54 Å². The van der Waals surface area contributed by atoms with Gasteiger partial charge in [-0.05, 0) is 20.3 Å². The third-order valence-electron chi connectivity index (χ3n) is 2.06. The van der Waals surface area contributed by atoms with Crippen molar-refractivity contribution in [3.8, 4) is 5.75 Å². The van der Waals surface area contributed by atoms with Gasteiger partial charge >= 0.3 is 0 Å². The van der Waals surface area contributed by atoms with Crippen molar-refractivity contribution in [2.75, 3.05) is 0 Å². The van der Waals surface area contributed by atoms with Gasteiger partial charge in [0.05, 0.1) is 18.5 Å². The lowest BCUT2D eigenvalue weighted by Crippen LogP contribution is -2.25. The topological polar surface area (TPSA) is 47.3 Å².